The van der Waals surface area contributed by atoms with Gasteiger partial charge < -0.3 is 10.6 Å². The second kappa shape index (κ2) is 8.29. The summed E-state index contributed by atoms with van der Waals surface area (Å²) in [5.74, 6) is -0.0904. The molecule has 0 aliphatic rings. The molecule has 0 saturated carbocycles. The van der Waals surface area contributed by atoms with Gasteiger partial charge in [-0.05, 0) is 61.2 Å². The number of carbonyl (C=O) groups excluding carboxylic acids is 2. The van der Waals surface area contributed by atoms with Crippen LogP contribution in [0, 0.1) is 13.8 Å². The van der Waals surface area contributed by atoms with E-state index in [1.165, 1.54) is 5.56 Å². The van der Waals surface area contributed by atoms with Crippen molar-refractivity contribution in [3.63, 3.8) is 0 Å². The number of anilines is 1. The van der Waals surface area contributed by atoms with E-state index >= 15 is 0 Å². The Balaban J connectivity index is 1.97. The van der Waals surface area contributed by atoms with Gasteiger partial charge in [0, 0.05) is 24.2 Å². The number of aryl methyl sites for hydroxylation is 2. The van der Waals surface area contributed by atoms with Crippen LogP contribution in [0.2, 0.25) is 0 Å². The summed E-state index contributed by atoms with van der Waals surface area (Å²) in [6.07, 6.45) is 1.32. The SMILES string of the molecule is CCCC(=O)Nc1cccc(CNC(=O)c2ccc(C)c(C)c2)c1. The van der Waals surface area contributed by atoms with Crippen LogP contribution in [0.4, 0.5) is 5.69 Å². The molecular formula is C20H24N2O2. The summed E-state index contributed by atoms with van der Waals surface area (Å²) in [5, 5.41) is 5.78. The predicted octanol–water partition coefficient (Wildman–Crippen LogP) is 3.97. The van der Waals surface area contributed by atoms with E-state index in [0.717, 1.165) is 23.2 Å². The number of benzene rings is 2. The van der Waals surface area contributed by atoms with E-state index in [1.807, 2.05) is 63.2 Å². The Hall–Kier alpha value is -2.62. The lowest BCUT2D eigenvalue weighted by atomic mass is 10.1. The predicted molar refractivity (Wildman–Crippen MR) is 97.1 cm³/mol. The van der Waals surface area contributed by atoms with Gasteiger partial charge in [0.1, 0.15) is 0 Å². The first-order chi connectivity index (χ1) is 11.5. The quantitative estimate of drug-likeness (QED) is 0.844. The summed E-state index contributed by atoms with van der Waals surface area (Å²) in [7, 11) is 0. The van der Waals surface area contributed by atoms with Crippen molar-refractivity contribution in [2.75, 3.05) is 5.32 Å². The highest BCUT2D eigenvalue weighted by Crippen LogP contribution is 2.13. The lowest BCUT2D eigenvalue weighted by molar-refractivity contribution is -0.116. The number of hydrogen-bond donors (Lipinski definition) is 2. The first-order valence-corrected chi connectivity index (χ1v) is 8.24. The molecule has 0 aliphatic heterocycles. The zero-order valence-electron chi connectivity index (χ0n) is 14.5. The summed E-state index contributed by atoms with van der Waals surface area (Å²) < 4.78 is 0. The highest BCUT2D eigenvalue weighted by atomic mass is 16.2. The molecule has 0 radical (unpaired) electrons. The van der Waals surface area contributed by atoms with Crippen molar-refractivity contribution in [3.05, 3.63) is 64.7 Å². The van der Waals surface area contributed by atoms with Crippen LogP contribution in [0.1, 0.15) is 46.8 Å². The Labute approximate surface area is 143 Å². The Morgan fingerprint density at radius 1 is 1.00 bits per heavy atom. The first-order valence-electron chi connectivity index (χ1n) is 8.24. The van der Waals surface area contributed by atoms with Crippen LogP contribution >= 0.6 is 0 Å². The van der Waals surface area contributed by atoms with E-state index in [1.54, 1.807) is 0 Å². The minimum atomic E-state index is -0.0986. The number of rotatable bonds is 6. The van der Waals surface area contributed by atoms with Crippen molar-refractivity contribution in [2.45, 2.75) is 40.2 Å². The molecule has 2 aromatic carbocycles. The topological polar surface area (TPSA) is 58.2 Å². The summed E-state index contributed by atoms with van der Waals surface area (Å²) in [4.78, 5) is 23.9. The molecule has 2 N–H and O–H groups in total. The van der Waals surface area contributed by atoms with E-state index in [9.17, 15) is 9.59 Å². The van der Waals surface area contributed by atoms with E-state index in [0.29, 0.717) is 18.5 Å². The fourth-order valence-electron chi connectivity index (χ4n) is 2.38. The fraction of sp³-hybridized carbons (Fsp3) is 0.300. The van der Waals surface area contributed by atoms with Crippen LogP contribution in [-0.2, 0) is 11.3 Å². The second-order valence-electron chi connectivity index (χ2n) is 5.98. The highest BCUT2D eigenvalue weighted by molar-refractivity contribution is 5.94. The average Bonchev–Trinajstić information content (AvgIpc) is 2.55. The van der Waals surface area contributed by atoms with Gasteiger partial charge in [0.15, 0.2) is 0 Å². The number of carbonyl (C=O) groups is 2. The molecule has 0 fully saturated rings. The first kappa shape index (κ1) is 17.7. The Kier molecular flexibility index (Phi) is 6.13. The zero-order valence-corrected chi connectivity index (χ0v) is 14.5. The summed E-state index contributed by atoms with van der Waals surface area (Å²) in [6.45, 7) is 6.41. The van der Waals surface area contributed by atoms with Gasteiger partial charge in [-0.2, -0.15) is 0 Å². The van der Waals surface area contributed by atoms with Crippen molar-refractivity contribution in [3.8, 4) is 0 Å². The lowest BCUT2D eigenvalue weighted by Crippen LogP contribution is -2.23. The van der Waals surface area contributed by atoms with Crippen LogP contribution in [-0.4, -0.2) is 11.8 Å². The Morgan fingerprint density at radius 3 is 2.50 bits per heavy atom. The lowest BCUT2D eigenvalue weighted by Gasteiger charge is -2.09. The maximum absolute atomic E-state index is 12.2. The monoisotopic (exact) mass is 324 g/mol. The summed E-state index contributed by atoms with van der Waals surface area (Å²) >= 11 is 0. The smallest absolute Gasteiger partial charge is 0.251 e. The summed E-state index contributed by atoms with van der Waals surface area (Å²) in [6, 6.07) is 13.2. The third-order valence-corrected chi connectivity index (χ3v) is 3.91. The molecule has 4 nitrogen and oxygen atoms in total. The van der Waals surface area contributed by atoms with Crippen LogP contribution in [0.5, 0.6) is 0 Å². The Bertz CT molecular complexity index is 738. The molecule has 2 aromatic rings. The molecule has 24 heavy (non-hydrogen) atoms. The second-order valence-corrected chi connectivity index (χ2v) is 5.98. The molecule has 126 valence electrons. The molecule has 0 bridgehead atoms. The summed E-state index contributed by atoms with van der Waals surface area (Å²) in [5.41, 5.74) is 4.63. The molecule has 0 heterocycles. The molecule has 2 amide bonds. The maximum atomic E-state index is 12.2. The molecule has 4 heteroatoms. The number of amides is 2. The van der Waals surface area contributed by atoms with Crippen LogP contribution in [0.3, 0.4) is 0 Å². The zero-order chi connectivity index (χ0) is 17.5. The molecule has 0 saturated heterocycles. The van der Waals surface area contributed by atoms with Crippen molar-refractivity contribution in [1.82, 2.24) is 5.32 Å². The van der Waals surface area contributed by atoms with E-state index < -0.39 is 0 Å². The third kappa shape index (κ3) is 4.95. The van der Waals surface area contributed by atoms with Gasteiger partial charge in [-0.3, -0.25) is 9.59 Å². The van der Waals surface area contributed by atoms with Gasteiger partial charge in [0.2, 0.25) is 5.91 Å². The molecule has 0 aliphatic carbocycles. The van der Waals surface area contributed by atoms with E-state index in [4.69, 9.17) is 0 Å². The fourth-order valence-corrected chi connectivity index (χ4v) is 2.38. The van der Waals surface area contributed by atoms with E-state index in [2.05, 4.69) is 10.6 Å². The molecule has 0 unspecified atom stereocenters. The van der Waals surface area contributed by atoms with E-state index in [-0.39, 0.29) is 11.8 Å². The maximum Gasteiger partial charge on any atom is 0.251 e. The Morgan fingerprint density at radius 2 is 1.79 bits per heavy atom. The van der Waals surface area contributed by atoms with Crippen LogP contribution in [0.15, 0.2) is 42.5 Å². The van der Waals surface area contributed by atoms with Crippen molar-refractivity contribution < 1.29 is 9.59 Å². The highest BCUT2D eigenvalue weighted by Gasteiger charge is 2.07. The molecular weight excluding hydrogens is 300 g/mol. The standard InChI is InChI=1S/C20H24N2O2/c1-4-6-19(23)22-18-8-5-7-16(12-18)13-21-20(24)17-10-9-14(2)15(3)11-17/h5,7-12H,4,6,13H2,1-3H3,(H,21,24)(H,22,23). The number of hydrogen-bond acceptors (Lipinski definition) is 2. The van der Waals surface area contributed by atoms with Gasteiger partial charge in [-0.1, -0.05) is 25.1 Å². The molecule has 2 rings (SSSR count). The van der Waals surface area contributed by atoms with Gasteiger partial charge >= 0.3 is 0 Å². The van der Waals surface area contributed by atoms with Crippen LogP contribution in [0.25, 0.3) is 0 Å². The minimum absolute atomic E-state index is 0.00816. The van der Waals surface area contributed by atoms with Gasteiger partial charge in [0.25, 0.3) is 5.91 Å². The normalized spacial score (nSPS) is 10.3. The molecule has 0 spiro atoms. The molecule has 0 atom stereocenters. The third-order valence-electron chi connectivity index (χ3n) is 3.91. The van der Waals surface area contributed by atoms with Crippen molar-refractivity contribution in [2.24, 2.45) is 0 Å². The van der Waals surface area contributed by atoms with Crippen LogP contribution < -0.4 is 10.6 Å². The largest absolute Gasteiger partial charge is 0.348 e. The van der Waals surface area contributed by atoms with Gasteiger partial charge in [-0.15, -0.1) is 0 Å². The molecule has 0 aromatic heterocycles. The van der Waals surface area contributed by atoms with Gasteiger partial charge in [0.05, 0.1) is 0 Å². The van der Waals surface area contributed by atoms with Crippen molar-refractivity contribution in [1.29, 1.82) is 0 Å². The van der Waals surface area contributed by atoms with Crippen molar-refractivity contribution >= 4 is 17.5 Å². The minimum Gasteiger partial charge on any atom is -0.348 e. The average molecular weight is 324 g/mol. The number of nitrogens with one attached hydrogen (secondary N) is 2. The van der Waals surface area contributed by atoms with Gasteiger partial charge in [-0.25, -0.2) is 0 Å².